The first-order valence-electron chi connectivity index (χ1n) is 7.46. The third kappa shape index (κ3) is 2.94. The smallest absolute Gasteiger partial charge is 0.259 e. The molecule has 1 heterocycles. The largest absolute Gasteiger partial charge is 0.495 e. The second-order valence-corrected chi connectivity index (χ2v) is 6.76. The van der Waals surface area contributed by atoms with Crippen molar-refractivity contribution in [1.82, 2.24) is 0 Å². The molecule has 0 spiro atoms. The van der Waals surface area contributed by atoms with Gasteiger partial charge in [-0.15, -0.1) is 0 Å². The molecule has 1 aliphatic heterocycles. The zero-order valence-corrected chi connectivity index (χ0v) is 15.2. The number of halogens is 2. The van der Waals surface area contributed by atoms with Crippen LogP contribution in [0, 0.1) is 16.3 Å². The number of fused-ring (bicyclic) bond motifs is 1. The molecule has 0 aromatic heterocycles. The van der Waals surface area contributed by atoms with Crippen LogP contribution < -0.4 is 9.64 Å². The second-order valence-electron chi connectivity index (χ2n) is 5.60. The first-order chi connectivity index (χ1) is 11.0. The third-order valence-corrected chi connectivity index (χ3v) is 5.08. The van der Waals surface area contributed by atoms with E-state index in [-0.39, 0.29) is 11.7 Å². The van der Waals surface area contributed by atoms with Gasteiger partial charge in [0.05, 0.1) is 18.4 Å². The van der Waals surface area contributed by atoms with E-state index in [1.807, 2.05) is 41.6 Å². The standard InChI is InChI=1S/C18H17FINO2/c1-11-5-8-16(23-2)17-13(11)4-3-9-21(17)18(22)14-7-6-12(19)10-15(14)20/h5-8,10H,3-4,9H2,1-2H3. The van der Waals surface area contributed by atoms with Crippen LogP contribution in [-0.2, 0) is 6.42 Å². The summed E-state index contributed by atoms with van der Waals surface area (Å²) in [5.74, 6) is 0.258. The molecule has 3 nitrogen and oxygen atoms in total. The number of nitrogens with zero attached hydrogens (tertiary/aromatic N) is 1. The lowest BCUT2D eigenvalue weighted by Crippen LogP contribution is -2.36. The fraction of sp³-hybridized carbons (Fsp3) is 0.278. The molecule has 5 heteroatoms. The van der Waals surface area contributed by atoms with Crippen molar-refractivity contribution in [2.45, 2.75) is 19.8 Å². The lowest BCUT2D eigenvalue weighted by Gasteiger charge is -2.32. The van der Waals surface area contributed by atoms with Gasteiger partial charge in [-0.25, -0.2) is 4.39 Å². The van der Waals surface area contributed by atoms with Crippen LogP contribution in [-0.4, -0.2) is 19.6 Å². The van der Waals surface area contributed by atoms with E-state index in [9.17, 15) is 9.18 Å². The third-order valence-electron chi connectivity index (χ3n) is 4.18. The number of carbonyl (C=O) groups excluding carboxylic acids is 1. The van der Waals surface area contributed by atoms with Gasteiger partial charge in [-0.3, -0.25) is 4.79 Å². The Kier molecular flexibility index (Phi) is 4.57. The summed E-state index contributed by atoms with van der Waals surface area (Å²) in [6.45, 7) is 2.69. The molecule has 1 aliphatic rings. The summed E-state index contributed by atoms with van der Waals surface area (Å²) in [6.07, 6.45) is 1.84. The zero-order valence-electron chi connectivity index (χ0n) is 13.0. The topological polar surface area (TPSA) is 29.5 Å². The summed E-state index contributed by atoms with van der Waals surface area (Å²) in [7, 11) is 1.61. The monoisotopic (exact) mass is 425 g/mol. The highest BCUT2D eigenvalue weighted by atomic mass is 127. The predicted octanol–water partition coefficient (Wildman–Crippen LogP) is 4.34. The van der Waals surface area contributed by atoms with Crippen molar-refractivity contribution in [2.24, 2.45) is 0 Å². The number of aryl methyl sites for hydroxylation is 1. The maximum absolute atomic E-state index is 13.3. The van der Waals surface area contributed by atoms with Crippen molar-refractivity contribution in [3.05, 3.63) is 56.4 Å². The van der Waals surface area contributed by atoms with Crippen molar-refractivity contribution in [1.29, 1.82) is 0 Å². The van der Waals surface area contributed by atoms with Gasteiger partial charge in [-0.1, -0.05) is 6.07 Å². The Morgan fingerprint density at radius 1 is 1.30 bits per heavy atom. The van der Waals surface area contributed by atoms with Crippen LogP contribution >= 0.6 is 22.6 Å². The number of carbonyl (C=O) groups is 1. The van der Waals surface area contributed by atoms with E-state index >= 15 is 0 Å². The molecule has 0 bridgehead atoms. The van der Waals surface area contributed by atoms with E-state index in [0.717, 1.165) is 29.7 Å². The average molecular weight is 425 g/mol. The predicted molar refractivity (Wildman–Crippen MR) is 96.8 cm³/mol. The summed E-state index contributed by atoms with van der Waals surface area (Å²) in [5.41, 5.74) is 3.68. The normalized spacial score (nSPS) is 13.7. The van der Waals surface area contributed by atoms with Crippen LogP contribution in [0.4, 0.5) is 10.1 Å². The Morgan fingerprint density at radius 3 is 2.78 bits per heavy atom. The molecule has 2 aromatic carbocycles. The van der Waals surface area contributed by atoms with Crippen LogP contribution in [0.3, 0.4) is 0 Å². The van der Waals surface area contributed by atoms with Gasteiger partial charge < -0.3 is 9.64 Å². The minimum absolute atomic E-state index is 0.112. The Balaban J connectivity index is 2.09. The van der Waals surface area contributed by atoms with Crippen LogP contribution in [0.5, 0.6) is 5.75 Å². The number of ether oxygens (including phenoxy) is 1. The molecule has 3 rings (SSSR count). The Bertz CT molecular complexity index is 776. The van der Waals surface area contributed by atoms with E-state index in [1.54, 1.807) is 18.1 Å². The summed E-state index contributed by atoms with van der Waals surface area (Å²) in [6, 6.07) is 8.18. The molecular weight excluding hydrogens is 408 g/mol. The fourth-order valence-corrected chi connectivity index (χ4v) is 3.74. The molecule has 0 radical (unpaired) electrons. The molecule has 0 aliphatic carbocycles. The number of rotatable bonds is 2. The first kappa shape index (κ1) is 16.2. The Labute approximate surface area is 148 Å². The highest BCUT2D eigenvalue weighted by molar-refractivity contribution is 14.1. The van der Waals surface area contributed by atoms with Crippen LogP contribution in [0.1, 0.15) is 27.9 Å². The van der Waals surface area contributed by atoms with Gasteiger partial charge in [-0.2, -0.15) is 0 Å². The maximum atomic E-state index is 13.3. The van der Waals surface area contributed by atoms with Gasteiger partial charge in [0.1, 0.15) is 11.6 Å². The van der Waals surface area contributed by atoms with Crippen molar-refractivity contribution in [3.63, 3.8) is 0 Å². The molecule has 0 saturated carbocycles. The number of hydrogen-bond donors (Lipinski definition) is 0. The minimum Gasteiger partial charge on any atom is -0.495 e. The summed E-state index contributed by atoms with van der Waals surface area (Å²) in [4.78, 5) is 14.8. The van der Waals surface area contributed by atoms with Gasteiger partial charge in [0.25, 0.3) is 5.91 Å². The Hall–Kier alpha value is -1.63. The van der Waals surface area contributed by atoms with Gasteiger partial charge in [-0.05, 0) is 77.7 Å². The number of amides is 1. The average Bonchev–Trinajstić information content (AvgIpc) is 2.54. The lowest BCUT2D eigenvalue weighted by molar-refractivity contribution is 0.0983. The van der Waals surface area contributed by atoms with Gasteiger partial charge in [0, 0.05) is 10.1 Å². The van der Waals surface area contributed by atoms with Gasteiger partial charge >= 0.3 is 0 Å². The molecule has 0 atom stereocenters. The van der Waals surface area contributed by atoms with E-state index < -0.39 is 0 Å². The SMILES string of the molecule is COc1ccc(C)c2c1N(C(=O)c1ccc(F)cc1I)CCC2. The number of hydrogen-bond acceptors (Lipinski definition) is 2. The molecule has 0 unspecified atom stereocenters. The van der Waals surface area contributed by atoms with Crippen molar-refractivity contribution >= 4 is 34.2 Å². The summed E-state index contributed by atoms with van der Waals surface area (Å²) in [5, 5.41) is 0. The molecule has 1 amide bonds. The molecule has 0 N–H and O–H groups in total. The highest BCUT2D eigenvalue weighted by Crippen LogP contribution is 2.39. The van der Waals surface area contributed by atoms with E-state index in [4.69, 9.17) is 4.74 Å². The van der Waals surface area contributed by atoms with Gasteiger partial charge in [0.15, 0.2) is 0 Å². The minimum atomic E-state index is -0.335. The van der Waals surface area contributed by atoms with Crippen LogP contribution in [0.15, 0.2) is 30.3 Å². The molecular formula is C18H17FINO2. The van der Waals surface area contributed by atoms with Crippen molar-refractivity contribution in [2.75, 3.05) is 18.6 Å². The fourth-order valence-electron chi connectivity index (χ4n) is 3.03. The molecule has 0 fully saturated rings. The maximum Gasteiger partial charge on any atom is 0.259 e. The lowest BCUT2D eigenvalue weighted by atomic mass is 9.95. The zero-order chi connectivity index (χ0) is 16.6. The Morgan fingerprint density at radius 2 is 2.09 bits per heavy atom. The van der Waals surface area contributed by atoms with Crippen LogP contribution in [0.25, 0.3) is 0 Å². The van der Waals surface area contributed by atoms with Crippen molar-refractivity contribution < 1.29 is 13.9 Å². The quantitative estimate of drug-likeness (QED) is 0.671. The first-order valence-corrected chi connectivity index (χ1v) is 8.54. The van der Waals surface area contributed by atoms with E-state index in [1.165, 1.54) is 12.1 Å². The molecule has 120 valence electrons. The number of anilines is 1. The highest BCUT2D eigenvalue weighted by Gasteiger charge is 2.28. The molecule has 2 aromatic rings. The molecule has 23 heavy (non-hydrogen) atoms. The van der Waals surface area contributed by atoms with Crippen molar-refractivity contribution in [3.8, 4) is 5.75 Å². The summed E-state index contributed by atoms with van der Waals surface area (Å²) >= 11 is 2.00. The van der Waals surface area contributed by atoms with E-state index in [0.29, 0.717) is 21.4 Å². The summed E-state index contributed by atoms with van der Waals surface area (Å²) < 4.78 is 19.4. The second kappa shape index (κ2) is 6.47. The molecule has 0 saturated heterocycles. The number of benzene rings is 2. The van der Waals surface area contributed by atoms with Crippen LogP contribution in [0.2, 0.25) is 0 Å². The van der Waals surface area contributed by atoms with Gasteiger partial charge in [0.2, 0.25) is 0 Å². The van der Waals surface area contributed by atoms with E-state index in [2.05, 4.69) is 0 Å². The number of methoxy groups -OCH3 is 1.